The average Bonchev–Trinajstić information content (AvgIpc) is 2.48. The van der Waals surface area contributed by atoms with Crippen molar-refractivity contribution in [1.82, 2.24) is 9.97 Å². The number of hydrogen-bond acceptors (Lipinski definition) is 3. The second kappa shape index (κ2) is 5.06. The third-order valence-electron chi connectivity index (χ3n) is 3.23. The lowest BCUT2D eigenvalue weighted by Crippen LogP contribution is -2.07. The number of para-hydroxylation sites is 1. The van der Waals surface area contributed by atoms with Gasteiger partial charge in [0, 0.05) is 35.7 Å². The van der Waals surface area contributed by atoms with Gasteiger partial charge < -0.3 is 5.32 Å². The molecule has 19 heavy (non-hydrogen) atoms. The molecule has 0 saturated carbocycles. The highest BCUT2D eigenvalue weighted by Crippen LogP contribution is 2.25. The fourth-order valence-electron chi connectivity index (χ4n) is 2.19. The van der Waals surface area contributed by atoms with Crippen LogP contribution >= 0.6 is 0 Å². The average molecular weight is 249 g/mol. The minimum absolute atomic E-state index is 0.230. The van der Waals surface area contributed by atoms with Crippen LogP contribution < -0.4 is 5.32 Å². The molecule has 0 aliphatic heterocycles. The lowest BCUT2D eigenvalue weighted by molar-refractivity contribution is 0.882. The molecule has 3 heteroatoms. The lowest BCUT2D eigenvalue weighted by Gasteiger charge is -2.16. The number of nitrogens with zero attached hydrogens (tertiary/aromatic N) is 2. The summed E-state index contributed by atoms with van der Waals surface area (Å²) < 4.78 is 0. The molecule has 0 spiro atoms. The predicted molar refractivity (Wildman–Crippen MR) is 78.0 cm³/mol. The molecule has 2 aromatic heterocycles. The summed E-state index contributed by atoms with van der Waals surface area (Å²) in [5.74, 6) is 0. The molecule has 1 unspecified atom stereocenters. The Kier molecular flexibility index (Phi) is 3.11. The van der Waals surface area contributed by atoms with Gasteiger partial charge in [-0.3, -0.25) is 9.97 Å². The first-order valence-corrected chi connectivity index (χ1v) is 6.35. The summed E-state index contributed by atoms with van der Waals surface area (Å²) in [6.45, 7) is 2.14. The molecule has 3 rings (SSSR count). The minimum Gasteiger partial charge on any atom is -0.378 e. The predicted octanol–water partition coefficient (Wildman–Crippen LogP) is 3.80. The fourth-order valence-corrected chi connectivity index (χ4v) is 2.19. The van der Waals surface area contributed by atoms with Crippen LogP contribution in [0.4, 0.5) is 5.69 Å². The van der Waals surface area contributed by atoms with Gasteiger partial charge in [-0.1, -0.05) is 18.2 Å². The van der Waals surface area contributed by atoms with E-state index < -0.39 is 0 Å². The molecule has 1 atom stereocenters. The summed E-state index contributed by atoms with van der Waals surface area (Å²) in [5, 5.41) is 4.68. The van der Waals surface area contributed by atoms with Crippen LogP contribution in [0.25, 0.3) is 10.9 Å². The van der Waals surface area contributed by atoms with Crippen LogP contribution in [0.2, 0.25) is 0 Å². The number of anilines is 1. The van der Waals surface area contributed by atoms with Crippen molar-refractivity contribution < 1.29 is 0 Å². The molecule has 0 aliphatic carbocycles. The third kappa shape index (κ3) is 2.40. The SMILES string of the molecule is CC(Nc1ccnc2ccccc12)c1ccncc1. The van der Waals surface area contributed by atoms with Crippen molar-refractivity contribution in [3.05, 3.63) is 66.6 Å². The summed E-state index contributed by atoms with van der Waals surface area (Å²) in [6, 6.07) is 14.5. The zero-order chi connectivity index (χ0) is 13.1. The van der Waals surface area contributed by atoms with Crippen molar-refractivity contribution in [2.24, 2.45) is 0 Å². The van der Waals surface area contributed by atoms with Crippen LogP contribution in [-0.2, 0) is 0 Å². The molecule has 0 fully saturated rings. The summed E-state index contributed by atoms with van der Waals surface area (Å²) >= 11 is 0. The Bertz CT molecular complexity index is 674. The number of fused-ring (bicyclic) bond motifs is 1. The highest BCUT2D eigenvalue weighted by Gasteiger charge is 2.07. The second-order valence-corrected chi connectivity index (χ2v) is 4.52. The van der Waals surface area contributed by atoms with E-state index in [4.69, 9.17) is 0 Å². The van der Waals surface area contributed by atoms with Crippen molar-refractivity contribution >= 4 is 16.6 Å². The van der Waals surface area contributed by atoms with Gasteiger partial charge in [-0.15, -0.1) is 0 Å². The quantitative estimate of drug-likeness (QED) is 0.767. The monoisotopic (exact) mass is 249 g/mol. The van der Waals surface area contributed by atoms with E-state index in [-0.39, 0.29) is 6.04 Å². The van der Waals surface area contributed by atoms with Crippen LogP contribution in [0.1, 0.15) is 18.5 Å². The lowest BCUT2D eigenvalue weighted by atomic mass is 10.1. The van der Waals surface area contributed by atoms with Gasteiger partial charge in [-0.2, -0.15) is 0 Å². The summed E-state index contributed by atoms with van der Waals surface area (Å²) in [6.07, 6.45) is 5.47. The van der Waals surface area contributed by atoms with Gasteiger partial charge >= 0.3 is 0 Å². The summed E-state index contributed by atoms with van der Waals surface area (Å²) in [5.41, 5.74) is 3.33. The van der Waals surface area contributed by atoms with Crippen LogP contribution in [-0.4, -0.2) is 9.97 Å². The first kappa shape index (κ1) is 11.7. The Hall–Kier alpha value is -2.42. The van der Waals surface area contributed by atoms with E-state index in [9.17, 15) is 0 Å². The number of rotatable bonds is 3. The highest BCUT2D eigenvalue weighted by molar-refractivity contribution is 5.90. The van der Waals surface area contributed by atoms with Crippen molar-refractivity contribution in [1.29, 1.82) is 0 Å². The zero-order valence-electron chi connectivity index (χ0n) is 10.7. The van der Waals surface area contributed by atoms with Gasteiger partial charge in [0.05, 0.1) is 5.52 Å². The van der Waals surface area contributed by atoms with Gasteiger partial charge in [0.15, 0.2) is 0 Å². The molecule has 0 aliphatic rings. The van der Waals surface area contributed by atoms with Crippen molar-refractivity contribution in [3.63, 3.8) is 0 Å². The Morgan fingerprint density at radius 1 is 0.947 bits per heavy atom. The van der Waals surface area contributed by atoms with Gasteiger partial charge in [0.2, 0.25) is 0 Å². The molecular formula is C16H15N3. The summed E-state index contributed by atoms with van der Waals surface area (Å²) in [4.78, 5) is 8.42. The van der Waals surface area contributed by atoms with Crippen molar-refractivity contribution in [2.45, 2.75) is 13.0 Å². The Morgan fingerprint density at radius 3 is 2.58 bits per heavy atom. The van der Waals surface area contributed by atoms with Gasteiger partial charge in [0.1, 0.15) is 0 Å². The van der Waals surface area contributed by atoms with Gasteiger partial charge in [-0.05, 0) is 36.8 Å². The molecule has 0 amide bonds. The summed E-state index contributed by atoms with van der Waals surface area (Å²) in [7, 11) is 0. The first-order valence-electron chi connectivity index (χ1n) is 6.35. The van der Waals surface area contributed by atoms with E-state index in [1.165, 1.54) is 5.56 Å². The standard InChI is InChI=1S/C16H15N3/c1-12(13-6-9-17-10-7-13)19-16-8-11-18-15-5-3-2-4-14(15)16/h2-12H,1H3,(H,18,19). The van der Waals surface area contributed by atoms with Gasteiger partial charge in [-0.25, -0.2) is 0 Å². The van der Waals surface area contributed by atoms with Crippen molar-refractivity contribution in [3.8, 4) is 0 Å². The van der Waals surface area contributed by atoms with E-state index in [2.05, 4.69) is 28.3 Å². The van der Waals surface area contributed by atoms with E-state index in [1.54, 1.807) is 0 Å². The van der Waals surface area contributed by atoms with Gasteiger partial charge in [0.25, 0.3) is 0 Å². The molecule has 0 radical (unpaired) electrons. The Morgan fingerprint density at radius 2 is 1.74 bits per heavy atom. The second-order valence-electron chi connectivity index (χ2n) is 4.52. The Balaban J connectivity index is 1.94. The maximum Gasteiger partial charge on any atom is 0.0722 e. The normalized spacial score (nSPS) is 12.3. The first-order chi connectivity index (χ1) is 9.34. The molecule has 94 valence electrons. The van der Waals surface area contributed by atoms with Crippen LogP contribution in [0.15, 0.2) is 61.1 Å². The van der Waals surface area contributed by atoms with Crippen LogP contribution in [0, 0.1) is 0 Å². The van der Waals surface area contributed by atoms with Crippen molar-refractivity contribution in [2.75, 3.05) is 5.32 Å². The van der Waals surface area contributed by atoms with Crippen LogP contribution in [0.3, 0.4) is 0 Å². The largest absolute Gasteiger partial charge is 0.378 e. The smallest absolute Gasteiger partial charge is 0.0722 e. The molecule has 1 N–H and O–H groups in total. The third-order valence-corrected chi connectivity index (χ3v) is 3.23. The molecule has 0 saturated heterocycles. The van der Waals surface area contributed by atoms with Crippen LogP contribution in [0.5, 0.6) is 0 Å². The van der Waals surface area contributed by atoms with E-state index in [0.717, 1.165) is 16.6 Å². The number of benzene rings is 1. The topological polar surface area (TPSA) is 37.8 Å². The molecule has 3 nitrogen and oxygen atoms in total. The fraction of sp³-hybridized carbons (Fsp3) is 0.125. The van der Waals surface area contributed by atoms with E-state index >= 15 is 0 Å². The zero-order valence-corrected chi connectivity index (χ0v) is 10.7. The number of hydrogen-bond donors (Lipinski definition) is 1. The molecule has 0 bridgehead atoms. The molecule has 2 heterocycles. The number of aromatic nitrogens is 2. The number of nitrogens with one attached hydrogen (secondary N) is 1. The van der Waals surface area contributed by atoms with E-state index in [0.29, 0.717) is 0 Å². The maximum atomic E-state index is 4.37. The molecule has 3 aromatic rings. The Labute approximate surface area is 112 Å². The number of pyridine rings is 2. The molecular weight excluding hydrogens is 234 g/mol. The maximum absolute atomic E-state index is 4.37. The van der Waals surface area contributed by atoms with E-state index in [1.807, 2.05) is 55.0 Å². The molecule has 1 aromatic carbocycles. The highest BCUT2D eigenvalue weighted by atomic mass is 14.9. The minimum atomic E-state index is 0.230.